The van der Waals surface area contributed by atoms with E-state index in [2.05, 4.69) is 15.1 Å². The molecule has 3 aromatic rings. The topological polar surface area (TPSA) is 89.9 Å². The van der Waals surface area contributed by atoms with Crippen molar-refractivity contribution in [3.63, 3.8) is 0 Å². The number of nitrogens with zero attached hydrogens (tertiary/aromatic N) is 4. The van der Waals surface area contributed by atoms with Crippen LogP contribution in [0.25, 0.3) is 17.2 Å². The van der Waals surface area contributed by atoms with Crippen LogP contribution in [0.5, 0.6) is 0 Å². The van der Waals surface area contributed by atoms with E-state index in [1.807, 2.05) is 18.2 Å². The largest absolute Gasteiger partial charge is 0.392 e. The van der Waals surface area contributed by atoms with Gasteiger partial charge in [-0.15, -0.1) is 5.10 Å². The molecule has 2 aromatic heterocycles. The standard InChI is InChI=1S/C19H20FN5O/c20-13-5-1-2-7-16(13)25-19(12-8-9-17(26)14(21)11-12)23-18(24-25)15-6-3-4-10-22-15/h1-7,10,12,14,17,26H,8-9,11,21H2/t12-,14+,17+/m0/s1. The average molecular weight is 353 g/mol. The molecule has 7 heteroatoms. The number of pyridine rings is 1. The summed E-state index contributed by atoms with van der Waals surface area (Å²) in [5, 5.41) is 14.4. The molecule has 0 amide bonds. The van der Waals surface area contributed by atoms with Gasteiger partial charge >= 0.3 is 0 Å². The monoisotopic (exact) mass is 353 g/mol. The molecule has 1 aliphatic rings. The van der Waals surface area contributed by atoms with E-state index in [-0.39, 0.29) is 17.8 Å². The third-order valence-electron chi connectivity index (χ3n) is 4.83. The molecule has 1 fully saturated rings. The summed E-state index contributed by atoms with van der Waals surface area (Å²) in [5.74, 6) is 0.728. The lowest BCUT2D eigenvalue weighted by atomic mass is 9.83. The molecule has 26 heavy (non-hydrogen) atoms. The first-order chi connectivity index (χ1) is 12.6. The number of hydrogen-bond acceptors (Lipinski definition) is 5. The molecule has 0 spiro atoms. The molecule has 3 N–H and O–H groups in total. The highest BCUT2D eigenvalue weighted by molar-refractivity contribution is 5.49. The van der Waals surface area contributed by atoms with Crippen molar-refractivity contribution >= 4 is 0 Å². The lowest BCUT2D eigenvalue weighted by Crippen LogP contribution is -2.40. The highest BCUT2D eigenvalue weighted by Crippen LogP contribution is 2.33. The van der Waals surface area contributed by atoms with Gasteiger partial charge in [-0.05, 0) is 43.5 Å². The Labute approximate surface area is 150 Å². The average Bonchev–Trinajstić information content (AvgIpc) is 3.10. The quantitative estimate of drug-likeness (QED) is 0.755. The van der Waals surface area contributed by atoms with Crippen molar-refractivity contribution < 1.29 is 9.50 Å². The van der Waals surface area contributed by atoms with Gasteiger partial charge in [0.05, 0.1) is 6.10 Å². The number of benzene rings is 1. The van der Waals surface area contributed by atoms with Crippen molar-refractivity contribution in [3.05, 3.63) is 60.3 Å². The highest BCUT2D eigenvalue weighted by atomic mass is 19.1. The molecular weight excluding hydrogens is 333 g/mol. The number of aromatic nitrogens is 4. The van der Waals surface area contributed by atoms with Gasteiger partial charge in [0, 0.05) is 18.2 Å². The molecule has 4 rings (SSSR count). The maximum atomic E-state index is 14.4. The van der Waals surface area contributed by atoms with Crippen LogP contribution in [-0.2, 0) is 0 Å². The predicted molar refractivity (Wildman–Crippen MR) is 95.1 cm³/mol. The van der Waals surface area contributed by atoms with Gasteiger partial charge in [0.25, 0.3) is 0 Å². The number of rotatable bonds is 3. The van der Waals surface area contributed by atoms with Crippen molar-refractivity contribution in [2.45, 2.75) is 37.3 Å². The SMILES string of the molecule is N[C@@H]1C[C@@H](c2nc(-c3ccccn3)nn2-c2ccccc2F)CC[C@H]1O. The van der Waals surface area contributed by atoms with Gasteiger partial charge < -0.3 is 10.8 Å². The Morgan fingerprint density at radius 2 is 1.92 bits per heavy atom. The maximum Gasteiger partial charge on any atom is 0.200 e. The van der Waals surface area contributed by atoms with Crippen LogP contribution in [0, 0.1) is 5.82 Å². The van der Waals surface area contributed by atoms with Crippen LogP contribution >= 0.6 is 0 Å². The molecule has 134 valence electrons. The lowest BCUT2D eigenvalue weighted by Gasteiger charge is -2.30. The second-order valence-electron chi connectivity index (χ2n) is 6.61. The number of aliphatic hydroxyl groups excluding tert-OH is 1. The molecule has 6 nitrogen and oxygen atoms in total. The van der Waals surface area contributed by atoms with Crippen molar-refractivity contribution in [2.75, 3.05) is 0 Å². The second-order valence-corrected chi connectivity index (χ2v) is 6.61. The molecular formula is C19H20FN5O. The van der Waals surface area contributed by atoms with Crippen LogP contribution in [0.4, 0.5) is 4.39 Å². The number of halogens is 1. The summed E-state index contributed by atoms with van der Waals surface area (Å²) in [6.07, 6.45) is 3.06. The predicted octanol–water partition coefficient (Wildman–Crippen LogP) is 2.42. The molecule has 2 heterocycles. The zero-order valence-corrected chi connectivity index (χ0v) is 14.2. The third-order valence-corrected chi connectivity index (χ3v) is 4.83. The van der Waals surface area contributed by atoms with Crippen LogP contribution in [0.2, 0.25) is 0 Å². The van der Waals surface area contributed by atoms with E-state index >= 15 is 0 Å². The first-order valence-electron chi connectivity index (χ1n) is 8.70. The van der Waals surface area contributed by atoms with E-state index in [4.69, 9.17) is 5.73 Å². The minimum Gasteiger partial charge on any atom is -0.392 e. The normalized spacial score (nSPS) is 23.1. The smallest absolute Gasteiger partial charge is 0.200 e. The molecule has 0 bridgehead atoms. The second kappa shape index (κ2) is 6.93. The summed E-state index contributed by atoms with van der Waals surface area (Å²) in [5.41, 5.74) is 7.02. The van der Waals surface area contributed by atoms with Crippen LogP contribution in [0.15, 0.2) is 48.7 Å². The van der Waals surface area contributed by atoms with E-state index in [1.165, 1.54) is 6.07 Å². The summed E-state index contributed by atoms with van der Waals surface area (Å²) >= 11 is 0. The Morgan fingerprint density at radius 1 is 1.12 bits per heavy atom. The van der Waals surface area contributed by atoms with Crippen LogP contribution in [0.3, 0.4) is 0 Å². The van der Waals surface area contributed by atoms with Gasteiger partial charge in [-0.25, -0.2) is 14.1 Å². The van der Waals surface area contributed by atoms with Crippen molar-refractivity contribution in [3.8, 4) is 17.2 Å². The first kappa shape index (κ1) is 16.8. The Bertz CT molecular complexity index is 898. The van der Waals surface area contributed by atoms with Crippen molar-refractivity contribution in [1.29, 1.82) is 0 Å². The summed E-state index contributed by atoms with van der Waals surface area (Å²) in [6.45, 7) is 0. The number of para-hydroxylation sites is 1. The third kappa shape index (κ3) is 3.11. The minimum absolute atomic E-state index is 0.00188. The Morgan fingerprint density at radius 3 is 2.65 bits per heavy atom. The van der Waals surface area contributed by atoms with Crippen LogP contribution in [-0.4, -0.2) is 37.0 Å². The summed E-state index contributed by atoms with van der Waals surface area (Å²) in [4.78, 5) is 8.96. The number of nitrogens with two attached hydrogens (primary N) is 1. The van der Waals surface area contributed by atoms with E-state index < -0.39 is 6.10 Å². The van der Waals surface area contributed by atoms with Crippen LogP contribution < -0.4 is 5.73 Å². The zero-order valence-electron chi connectivity index (χ0n) is 14.2. The summed E-state index contributed by atoms with van der Waals surface area (Å²) < 4.78 is 16.0. The Kier molecular flexibility index (Phi) is 4.48. The minimum atomic E-state index is -0.508. The van der Waals surface area contributed by atoms with Crippen LogP contribution in [0.1, 0.15) is 31.0 Å². The fraction of sp³-hybridized carbons (Fsp3) is 0.316. The molecule has 0 saturated heterocycles. The molecule has 1 aliphatic carbocycles. The molecule has 0 aliphatic heterocycles. The molecule has 0 radical (unpaired) electrons. The Hall–Kier alpha value is -2.64. The van der Waals surface area contributed by atoms with Gasteiger partial charge in [0.15, 0.2) is 5.82 Å². The Balaban J connectivity index is 1.81. The molecule has 0 unspecified atom stereocenters. The first-order valence-corrected chi connectivity index (χ1v) is 8.70. The van der Waals surface area contributed by atoms with Crippen molar-refractivity contribution in [2.24, 2.45) is 5.73 Å². The highest BCUT2D eigenvalue weighted by Gasteiger charge is 2.31. The molecule has 1 saturated carbocycles. The fourth-order valence-electron chi connectivity index (χ4n) is 3.42. The zero-order chi connectivity index (χ0) is 18.1. The number of aliphatic hydroxyl groups is 1. The van der Waals surface area contributed by atoms with E-state index in [9.17, 15) is 9.50 Å². The van der Waals surface area contributed by atoms with Gasteiger partial charge in [-0.3, -0.25) is 4.98 Å². The van der Waals surface area contributed by atoms with Gasteiger partial charge in [-0.2, -0.15) is 0 Å². The maximum absolute atomic E-state index is 14.4. The van der Waals surface area contributed by atoms with E-state index in [0.29, 0.717) is 35.9 Å². The molecule has 1 aromatic carbocycles. The van der Waals surface area contributed by atoms with Crippen molar-refractivity contribution in [1.82, 2.24) is 19.7 Å². The summed E-state index contributed by atoms with van der Waals surface area (Å²) in [6, 6.07) is 11.7. The lowest BCUT2D eigenvalue weighted by molar-refractivity contribution is 0.0989. The molecule has 3 atom stereocenters. The fourth-order valence-corrected chi connectivity index (χ4v) is 3.42. The van der Waals surface area contributed by atoms with Gasteiger partial charge in [0.1, 0.15) is 23.0 Å². The van der Waals surface area contributed by atoms with Gasteiger partial charge in [-0.1, -0.05) is 18.2 Å². The van der Waals surface area contributed by atoms with E-state index in [0.717, 1.165) is 6.42 Å². The summed E-state index contributed by atoms with van der Waals surface area (Å²) in [7, 11) is 0. The van der Waals surface area contributed by atoms with Gasteiger partial charge in [0.2, 0.25) is 0 Å². The van der Waals surface area contributed by atoms with E-state index in [1.54, 1.807) is 29.1 Å². The number of hydrogen-bond donors (Lipinski definition) is 2.